The molecular formula is C26H46O2SiSn. The van der Waals surface area contributed by atoms with Gasteiger partial charge in [0.1, 0.15) is 0 Å². The van der Waals surface area contributed by atoms with Crippen LogP contribution < -0.4 is 3.58 Å². The van der Waals surface area contributed by atoms with E-state index in [1.807, 2.05) is 6.08 Å². The summed E-state index contributed by atoms with van der Waals surface area (Å²) in [5.41, 5.74) is 1.10. The summed E-state index contributed by atoms with van der Waals surface area (Å²) < 4.78 is 11.5. The standard InChI is InChI=1S/C14H19O2Si.3C4H9.Sn/c1-17(2,3)12-11-16-14(15)10-9-13-7-5-4-6-8-13;3*1-3-4-2;/h5-10H,11-12H2,1-3H3;3*1,3-4H2,2H3;/b10-9+;;;;. The van der Waals surface area contributed by atoms with Crippen molar-refractivity contribution in [2.24, 2.45) is 0 Å². The van der Waals surface area contributed by atoms with Crippen LogP contribution in [0.3, 0.4) is 0 Å². The molecule has 1 aromatic rings. The first-order chi connectivity index (χ1) is 14.3. The molecule has 1 aromatic carbocycles. The van der Waals surface area contributed by atoms with Crippen molar-refractivity contribution in [2.75, 3.05) is 6.61 Å². The summed E-state index contributed by atoms with van der Waals surface area (Å²) >= 11 is -2.35. The topological polar surface area (TPSA) is 26.3 Å². The van der Waals surface area contributed by atoms with Crippen molar-refractivity contribution in [3.63, 3.8) is 0 Å². The maximum absolute atomic E-state index is 12.0. The number of benzene rings is 1. The molecule has 170 valence electrons. The summed E-state index contributed by atoms with van der Waals surface area (Å²) in [6.45, 7) is 14.4. The molecule has 1 rings (SSSR count). The molecule has 0 N–H and O–H groups in total. The third-order valence-electron chi connectivity index (χ3n) is 6.06. The number of hydrogen-bond acceptors (Lipinski definition) is 2. The fourth-order valence-electron chi connectivity index (χ4n) is 3.97. The van der Waals surface area contributed by atoms with E-state index in [1.165, 1.54) is 51.8 Å². The molecule has 0 saturated carbocycles. The Labute approximate surface area is 191 Å². The van der Waals surface area contributed by atoms with Crippen LogP contribution in [0.1, 0.15) is 64.9 Å². The molecule has 0 radical (unpaired) electrons. The van der Waals surface area contributed by atoms with Gasteiger partial charge in [0.15, 0.2) is 0 Å². The van der Waals surface area contributed by atoms with Gasteiger partial charge >= 0.3 is 192 Å². The van der Waals surface area contributed by atoms with Gasteiger partial charge in [0.25, 0.3) is 0 Å². The van der Waals surface area contributed by atoms with E-state index >= 15 is 0 Å². The van der Waals surface area contributed by atoms with Gasteiger partial charge in [-0.1, -0.05) is 0 Å². The van der Waals surface area contributed by atoms with E-state index in [2.05, 4.69) is 64.7 Å². The van der Waals surface area contributed by atoms with Crippen molar-refractivity contribution in [1.29, 1.82) is 0 Å². The minimum absolute atomic E-state index is 0.223. The molecular weight excluding hydrogens is 491 g/mol. The fraction of sp³-hybridized carbons (Fsp3) is 0.654. The molecule has 0 bridgehead atoms. The molecule has 0 aliphatic carbocycles. The van der Waals surface area contributed by atoms with Crippen LogP contribution in [0.25, 0.3) is 6.08 Å². The number of hydrogen-bond donors (Lipinski definition) is 0. The minimum atomic E-state index is -2.35. The SMILES string of the molecule is CCC[CH2][Sn]([CH2]CCC)([CH2]CCC)[c]1ccc(/C=C/C(=O)OCC[Si](C)(C)C)cc1. The molecule has 0 atom stereocenters. The van der Waals surface area contributed by atoms with Crippen LogP contribution in [0.2, 0.25) is 39.0 Å². The van der Waals surface area contributed by atoms with Crippen LogP contribution in [0.15, 0.2) is 30.3 Å². The maximum atomic E-state index is 12.0. The molecule has 2 nitrogen and oxygen atoms in total. The van der Waals surface area contributed by atoms with Crippen molar-refractivity contribution >= 4 is 42.1 Å². The third-order valence-corrected chi connectivity index (χ3v) is 23.4. The number of carbonyl (C=O) groups excluding carboxylic acids is 1. The monoisotopic (exact) mass is 538 g/mol. The van der Waals surface area contributed by atoms with Gasteiger partial charge in [-0.05, 0) is 0 Å². The molecule has 0 amide bonds. The Hall–Kier alpha value is -0.554. The van der Waals surface area contributed by atoms with Crippen LogP contribution in [-0.2, 0) is 9.53 Å². The average Bonchev–Trinajstić information content (AvgIpc) is 2.71. The molecule has 0 heterocycles. The molecule has 0 unspecified atom stereocenters. The van der Waals surface area contributed by atoms with Crippen molar-refractivity contribution in [1.82, 2.24) is 0 Å². The number of esters is 1. The Bertz CT molecular complexity index is 610. The van der Waals surface area contributed by atoms with Crippen molar-refractivity contribution in [2.45, 2.75) is 98.3 Å². The van der Waals surface area contributed by atoms with Gasteiger partial charge in [0.05, 0.1) is 0 Å². The molecule has 0 aromatic heterocycles. The first-order valence-electron chi connectivity index (χ1n) is 12.2. The molecule has 0 aliphatic heterocycles. The Morgan fingerprint density at radius 1 is 0.900 bits per heavy atom. The van der Waals surface area contributed by atoms with E-state index in [-0.39, 0.29) is 5.97 Å². The molecule has 4 heteroatoms. The zero-order valence-corrected chi connectivity index (χ0v) is 24.4. The van der Waals surface area contributed by atoms with Crippen LogP contribution in [-0.4, -0.2) is 39.0 Å². The summed E-state index contributed by atoms with van der Waals surface area (Å²) in [6, 6.07) is 10.2. The number of rotatable bonds is 15. The van der Waals surface area contributed by atoms with Crippen LogP contribution in [0.4, 0.5) is 0 Å². The Kier molecular flexibility index (Phi) is 13.3. The summed E-state index contributed by atoms with van der Waals surface area (Å²) in [5, 5.41) is 0. The van der Waals surface area contributed by atoms with E-state index in [1.54, 1.807) is 9.66 Å². The molecule has 30 heavy (non-hydrogen) atoms. The summed E-state index contributed by atoms with van der Waals surface area (Å²) in [7, 11) is -1.16. The van der Waals surface area contributed by atoms with E-state index in [0.717, 1.165) is 11.6 Å². The van der Waals surface area contributed by atoms with Crippen molar-refractivity contribution in [3.05, 3.63) is 35.9 Å². The molecule has 0 aliphatic rings. The summed E-state index contributed by atoms with van der Waals surface area (Å²) in [6.07, 6.45) is 11.5. The van der Waals surface area contributed by atoms with Gasteiger partial charge in [0.2, 0.25) is 0 Å². The van der Waals surface area contributed by atoms with Gasteiger partial charge in [-0.2, -0.15) is 0 Å². The number of ether oxygens (including phenoxy) is 1. The number of unbranched alkanes of at least 4 members (excludes halogenated alkanes) is 3. The Morgan fingerprint density at radius 3 is 1.83 bits per heavy atom. The summed E-state index contributed by atoms with van der Waals surface area (Å²) in [4.78, 5) is 12.0. The van der Waals surface area contributed by atoms with Crippen molar-refractivity contribution in [3.8, 4) is 0 Å². The second kappa shape index (κ2) is 14.5. The van der Waals surface area contributed by atoms with E-state index in [9.17, 15) is 4.79 Å². The fourth-order valence-corrected chi connectivity index (χ4v) is 20.6. The van der Waals surface area contributed by atoms with Gasteiger partial charge in [-0.3, -0.25) is 0 Å². The first kappa shape index (κ1) is 27.5. The normalized spacial score (nSPS) is 12.5. The molecule has 0 saturated heterocycles. The average molecular weight is 537 g/mol. The summed E-state index contributed by atoms with van der Waals surface area (Å²) in [5.74, 6) is -0.223. The van der Waals surface area contributed by atoms with E-state index in [4.69, 9.17) is 4.74 Å². The van der Waals surface area contributed by atoms with Gasteiger partial charge < -0.3 is 0 Å². The van der Waals surface area contributed by atoms with Crippen molar-refractivity contribution < 1.29 is 9.53 Å². The zero-order chi connectivity index (χ0) is 22.5. The van der Waals surface area contributed by atoms with Crippen LogP contribution in [0, 0.1) is 0 Å². The van der Waals surface area contributed by atoms with Crippen LogP contribution in [0.5, 0.6) is 0 Å². The third kappa shape index (κ3) is 10.7. The number of carbonyl (C=O) groups is 1. The predicted octanol–water partition coefficient (Wildman–Crippen LogP) is 7.64. The first-order valence-corrected chi connectivity index (χ1v) is 23.4. The second-order valence-electron chi connectivity index (χ2n) is 10.0. The van der Waals surface area contributed by atoms with E-state index < -0.39 is 26.5 Å². The van der Waals surface area contributed by atoms with Gasteiger partial charge in [0, 0.05) is 0 Å². The van der Waals surface area contributed by atoms with Gasteiger partial charge in [-0.25, -0.2) is 0 Å². The molecule has 0 fully saturated rings. The van der Waals surface area contributed by atoms with Gasteiger partial charge in [-0.15, -0.1) is 0 Å². The Morgan fingerprint density at radius 2 is 1.40 bits per heavy atom. The molecule has 0 spiro atoms. The zero-order valence-electron chi connectivity index (χ0n) is 20.6. The predicted molar refractivity (Wildman–Crippen MR) is 139 cm³/mol. The second-order valence-corrected chi connectivity index (χ2v) is 28.9. The Balaban J connectivity index is 2.86. The van der Waals surface area contributed by atoms with Crippen LogP contribution >= 0.6 is 0 Å². The van der Waals surface area contributed by atoms with E-state index in [0.29, 0.717) is 6.61 Å². The quantitative estimate of drug-likeness (QED) is 0.131.